The van der Waals surface area contributed by atoms with Gasteiger partial charge in [-0.15, -0.1) is 0 Å². The highest BCUT2D eigenvalue weighted by atomic mass is 19.2. The lowest BCUT2D eigenvalue weighted by Crippen LogP contribution is -2.51. The minimum absolute atomic E-state index is 0.184. The molecule has 2 aliphatic rings. The SMILES string of the molecule is COC(=O)C(C(=O)OC)c1ccc2n1[B-](F)(F)[N+]1=CC=CC1=C2c1ccccc1. The van der Waals surface area contributed by atoms with E-state index in [-0.39, 0.29) is 11.4 Å². The molecule has 3 heterocycles. The van der Waals surface area contributed by atoms with Gasteiger partial charge in [0, 0.05) is 23.5 Å². The number of carbonyl (C=O) groups is 2. The number of benzene rings is 1. The minimum atomic E-state index is -4.35. The number of esters is 2. The van der Waals surface area contributed by atoms with Crippen molar-refractivity contribution >= 4 is 30.7 Å². The van der Waals surface area contributed by atoms with E-state index in [0.29, 0.717) is 11.3 Å². The zero-order valence-electron chi connectivity index (χ0n) is 15.7. The molecule has 4 rings (SSSR count). The molecule has 0 bridgehead atoms. The second-order valence-corrected chi connectivity index (χ2v) is 6.62. The Morgan fingerprint density at radius 3 is 2.31 bits per heavy atom. The molecule has 29 heavy (non-hydrogen) atoms. The predicted molar refractivity (Wildman–Crippen MR) is 103 cm³/mol. The molecule has 9 heteroatoms. The van der Waals surface area contributed by atoms with Gasteiger partial charge in [0.15, 0.2) is 11.6 Å². The molecule has 0 unspecified atom stereocenters. The van der Waals surface area contributed by atoms with Crippen LogP contribution < -0.4 is 0 Å². The van der Waals surface area contributed by atoms with Crippen molar-refractivity contribution in [1.29, 1.82) is 0 Å². The molecule has 2 aliphatic heterocycles. The van der Waals surface area contributed by atoms with E-state index in [2.05, 4.69) is 9.47 Å². The summed E-state index contributed by atoms with van der Waals surface area (Å²) < 4.78 is 42.1. The van der Waals surface area contributed by atoms with Crippen LogP contribution in [-0.4, -0.2) is 48.3 Å². The van der Waals surface area contributed by atoms with Crippen LogP contribution in [0.3, 0.4) is 0 Å². The smallest absolute Gasteiger partial charge is 0.468 e. The van der Waals surface area contributed by atoms with Crippen molar-refractivity contribution in [2.45, 2.75) is 5.92 Å². The second kappa shape index (κ2) is 6.84. The van der Waals surface area contributed by atoms with Gasteiger partial charge >= 0.3 is 18.9 Å². The van der Waals surface area contributed by atoms with Crippen LogP contribution in [0.5, 0.6) is 0 Å². The summed E-state index contributed by atoms with van der Waals surface area (Å²) >= 11 is 0. The van der Waals surface area contributed by atoms with Crippen LogP contribution in [0.15, 0.2) is 60.3 Å². The molecular weight excluding hydrogens is 381 g/mol. The third-order valence-corrected chi connectivity index (χ3v) is 5.12. The molecular formula is C20H17BF2N2O4. The quantitative estimate of drug-likeness (QED) is 0.451. The van der Waals surface area contributed by atoms with Crippen molar-refractivity contribution in [2.75, 3.05) is 14.2 Å². The normalized spacial score (nSPS) is 16.4. The Kier molecular flexibility index (Phi) is 4.45. The average molecular weight is 398 g/mol. The summed E-state index contributed by atoms with van der Waals surface area (Å²) in [5, 5.41) is 0. The van der Waals surface area contributed by atoms with E-state index >= 15 is 8.63 Å². The van der Waals surface area contributed by atoms with Gasteiger partial charge in [0.2, 0.25) is 0 Å². The number of nitrogens with zero attached hydrogens (tertiary/aromatic N) is 2. The molecule has 0 spiro atoms. The van der Waals surface area contributed by atoms with Crippen molar-refractivity contribution in [1.82, 2.24) is 4.48 Å². The van der Waals surface area contributed by atoms with E-state index < -0.39 is 24.8 Å². The first-order chi connectivity index (χ1) is 13.9. The molecule has 0 atom stereocenters. The maximum atomic E-state index is 15.6. The summed E-state index contributed by atoms with van der Waals surface area (Å²) in [5.74, 6) is -3.56. The molecule has 1 aromatic carbocycles. The van der Waals surface area contributed by atoms with E-state index in [4.69, 9.17) is 0 Å². The average Bonchev–Trinajstić information content (AvgIpc) is 3.38. The van der Waals surface area contributed by atoms with Gasteiger partial charge in [-0.3, -0.25) is 9.59 Å². The highest BCUT2D eigenvalue weighted by molar-refractivity contribution is 6.58. The third-order valence-electron chi connectivity index (χ3n) is 5.12. The van der Waals surface area contributed by atoms with E-state index in [0.717, 1.165) is 28.7 Å². The highest BCUT2D eigenvalue weighted by Crippen LogP contribution is 2.41. The Morgan fingerprint density at radius 1 is 1.03 bits per heavy atom. The zero-order chi connectivity index (χ0) is 20.8. The Labute approximate surface area is 165 Å². The third kappa shape index (κ3) is 2.73. The largest absolute Gasteiger partial charge is 0.737 e. The number of carbonyl (C=O) groups excluding carboxylic acids is 2. The maximum absolute atomic E-state index is 15.6. The predicted octanol–water partition coefficient (Wildman–Crippen LogP) is 2.57. The molecule has 0 radical (unpaired) electrons. The van der Waals surface area contributed by atoms with Crippen LogP contribution in [0, 0.1) is 0 Å². The Morgan fingerprint density at radius 2 is 1.69 bits per heavy atom. The van der Waals surface area contributed by atoms with Crippen LogP contribution in [0.2, 0.25) is 0 Å². The molecule has 1 aromatic heterocycles. The summed E-state index contributed by atoms with van der Waals surface area (Å²) in [4.78, 5) is 24.5. The highest BCUT2D eigenvalue weighted by Gasteiger charge is 2.54. The summed E-state index contributed by atoms with van der Waals surface area (Å²) in [7, 11) is 2.18. The fourth-order valence-electron chi connectivity index (χ4n) is 3.86. The lowest BCUT2D eigenvalue weighted by molar-refractivity contribution is -0.356. The van der Waals surface area contributed by atoms with E-state index in [1.54, 1.807) is 6.08 Å². The summed E-state index contributed by atoms with van der Waals surface area (Å²) in [6.45, 7) is -4.35. The molecule has 148 valence electrons. The lowest BCUT2D eigenvalue weighted by atomic mass is 9.85. The lowest BCUT2D eigenvalue weighted by Gasteiger charge is -2.33. The Hall–Kier alpha value is -3.49. The topological polar surface area (TPSA) is 60.5 Å². The van der Waals surface area contributed by atoms with Gasteiger partial charge in [0.1, 0.15) is 6.21 Å². The minimum Gasteiger partial charge on any atom is -0.468 e. The summed E-state index contributed by atoms with van der Waals surface area (Å²) in [5.41, 5.74) is 1.68. The van der Waals surface area contributed by atoms with Gasteiger partial charge in [-0.1, -0.05) is 30.3 Å². The van der Waals surface area contributed by atoms with E-state index in [1.165, 1.54) is 24.4 Å². The second-order valence-electron chi connectivity index (χ2n) is 6.62. The Balaban J connectivity index is 2.01. The van der Waals surface area contributed by atoms with Gasteiger partial charge < -0.3 is 27.1 Å². The van der Waals surface area contributed by atoms with Crippen molar-refractivity contribution in [3.8, 4) is 0 Å². The van der Waals surface area contributed by atoms with Gasteiger partial charge in [-0.25, -0.2) is 0 Å². The van der Waals surface area contributed by atoms with Crippen molar-refractivity contribution in [3.63, 3.8) is 0 Å². The Bertz CT molecular complexity index is 1090. The number of aromatic nitrogens is 1. The van der Waals surface area contributed by atoms with Crippen LogP contribution in [-0.2, 0) is 19.1 Å². The molecule has 2 aromatic rings. The van der Waals surface area contributed by atoms with E-state index in [1.807, 2.05) is 30.3 Å². The van der Waals surface area contributed by atoms with Crippen molar-refractivity contribution < 1.29 is 32.2 Å². The molecule has 0 N–H and O–H groups in total. The molecule has 0 saturated heterocycles. The van der Waals surface area contributed by atoms with Crippen molar-refractivity contribution in [2.24, 2.45) is 0 Å². The van der Waals surface area contributed by atoms with Gasteiger partial charge in [-0.2, -0.15) is 0 Å². The first-order valence-corrected chi connectivity index (χ1v) is 8.91. The number of fused-ring (bicyclic) bond motifs is 2. The summed E-state index contributed by atoms with van der Waals surface area (Å²) in [6, 6.07) is 11.9. The van der Waals surface area contributed by atoms with Crippen LogP contribution >= 0.6 is 0 Å². The number of hydrogen-bond acceptors (Lipinski definition) is 4. The number of rotatable bonds is 4. The van der Waals surface area contributed by atoms with Gasteiger partial charge in [0.05, 0.1) is 19.8 Å². The molecule has 6 nitrogen and oxygen atoms in total. The van der Waals surface area contributed by atoms with Crippen LogP contribution in [0.1, 0.15) is 22.9 Å². The van der Waals surface area contributed by atoms with Crippen LogP contribution in [0.4, 0.5) is 8.63 Å². The summed E-state index contributed by atoms with van der Waals surface area (Å²) in [6.07, 6.45) is 4.45. The number of hydrogen-bond donors (Lipinski definition) is 0. The van der Waals surface area contributed by atoms with Crippen molar-refractivity contribution in [3.05, 3.63) is 77.3 Å². The molecule has 0 fully saturated rings. The molecule has 0 amide bonds. The fourth-order valence-corrected chi connectivity index (χ4v) is 3.86. The standard InChI is InChI=1S/C20H17BF2N2O4/c1-28-19(26)18(20(27)29-2)16-11-10-15-17(13-7-4-3-5-8-13)14-9-6-12-24(14)21(22,23)25(15)16/h3-12,18H,1-2H3. The monoisotopic (exact) mass is 398 g/mol. The molecule has 0 saturated carbocycles. The first kappa shape index (κ1) is 18.9. The first-order valence-electron chi connectivity index (χ1n) is 8.91. The fraction of sp³-hybridized carbons (Fsp3) is 0.150. The van der Waals surface area contributed by atoms with Crippen LogP contribution in [0.25, 0.3) is 5.57 Å². The zero-order valence-corrected chi connectivity index (χ0v) is 15.7. The number of halogens is 2. The number of ether oxygens (including phenoxy) is 2. The number of allylic oxidation sites excluding steroid dienone is 2. The van der Waals surface area contributed by atoms with Gasteiger partial charge in [0.25, 0.3) is 0 Å². The van der Waals surface area contributed by atoms with E-state index in [9.17, 15) is 9.59 Å². The molecule has 0 aliphatic carbocycles. The number of methoxy groups -OCH3 is 2. The maximum Gasteiger partial charge on any atom is 0.737 e. The van der Waals surface area contributed by atoms with Gasteiger partial charge in [-0.05, 0) is 17.7 Å².